The van der Waals surface area contributed by atoms with Crippen molar-refractivity contribution in [2.75, 3.05) is 0 Å². The number of benzene rings is 5. The number of aryl methyl sites for hydroxylation is 1. The van der Waals surface area contributed by atoms with Gasteiger partial charge in [0.1, 0.15) is 0 Å². The van der Waals surface area contributed by atoms with Crippen LogP contribution >= 0.6 is 0 Å². The van der Waals surface area contributed by atoms with Crippen molar-refractivity contribution in [1.29, 1.82) is 0 Å². The molecule has 258 valence electrons. The Morgan fingerprint density at radius 3 is 2.25 bits per heavy atom. The summed E-state index contributed by atoms with van der Waals surface area (Å²) in [5.74, 6) is -7.74. The fourth-order valence-electron chi connectivity index (χ4n) is 7.87. The quantitative estimate of drug-likeness (QED) is 0.164. The van der Waals surface area contributed by atoms with Gasteiger partial charge in [-0.2, -0.15) is 0 Å². The number of aromatic nitrogens is 3. The van der Waals surface area contributed by atoms with E-state index in [4.69, 9.17) is 16.4 Å². The van der Waals surface area contributed by atoms with Crippen molar-refractivity contribution in [3.05, 3.63) is 125 Å². The van der Waals surface area contributed by atoms with Gasteiger partial charge >= 0.3 is 339 Å². The summed E-state index contributed by atoms with van der Waals surface area (Å²) in [6.07, 6.45) is -36.9. The average Bonchev–Trinajstić information content (AvgIpc) is 3.90. The first kappa shape index (κ1) is 17.6. The average molecular weight is 763 g/mol. The molecule has 3 aliphatic rings. The van der Waals surface area contributed by atoms with Crippen LogP contribution in [0.15, 0.2) is 91.0 Å². The molecule has 0 spiro atoms. The minimum absolute atomic E-state index is 0.0902. The first-order chi connectivity index (χ1) is 33.2. The molecule has 4 atom stereocenters. The Balaban J connectivity index is 1.39. The van der Waals surface area contributed by atoms with Crippen LogP contribution < -0.4 is 0 Å². The van der Waals surface area contributed by atoms with Gasteiger partial charge in [-0.1, -0.05) is 0 Å². The minimum atomic E-state index is -4.07. The standard InChI is InChI=1S/C48H45N3Se/c1-29-27-39-34-20-10-9-19-33(34)28-40(39)43(30(29)2)38-25-26-42-46(37-23-13-14-24-41(37)52-42)45(38)35-21-11-12-22-36(35)48-44(31-15-5-3-6-16-31)47(49-51-50-48)32-17-7-4-8-18-32/h9-14,19-27,31-32H,3-8,15-18,28H2,1-2H3/i3D2,4D2,5D2,6D2,7D2,8D2,15D,16D2,17D,18D2,31D,32D. The van der Waals surface area contributed by atoms with E-state index < -0.39 is 92.5 Å². The SMILES string of the molecule is [2H]C1C([2H])([2H])C([2H])([2H])C([2H])([2H])C([2H])([2H])C1([2H])c1nnnc(-c2ccccc2-c2c(-c3c(C)c(C)cc4c3Cc3ccccc3-4)ccc3[se]c4ccccc4c23)c1C1([2H])C([2H])C([2H])([2H])C([2H])([2H])C([2H])([2H])C1([2H])[2H]. The second-order valence-electron chi connectivity index (χ2n) is 13.1. The normalized spacial score (nSPS) is 37.6. The van der Waals surface area contributed by atoms with E-state index in [9.17, 15) is 11.0 Å². The fourth-order valence-corrected chi connectivity index (χ4v) is 10.2. The van der Waals surface area contributed by atoms with Crippen LogP contribution in [0.5, 0.6) is 0 Å². The number of fused-ring (bicyclic) bond motifs is 6. The third-order valence-electron chi connectivity index (χ3n) is 10.3. The van der Waals surface area contributed by atoms with Crippen molar-refractivity contribution < 1.29 is 27.4 Å². The molecule has 5 aromatic carbocycles. The van der Waals surface area contributed by atoms with Crippen LogP contribution in [0, 0.1) is 13.8 Å². The van der Waals surface area contributed by atoms with E-state index in [2.05, 4.69) is 39.7 Å². The molecule has 2 aromatic heterocycles. The molecule has 2 saturated carbocycles. The Hall–Kier alpha value is -4.37. The summed E-state index contributed by atoms with van der Waals surface area (Å²) in [5.41, 5.74) is 5.16. The Kier molecular flexibility index (Phi) is 4.49. The van der Waals surface area contributed by atoms with Crippen LogP contribution in [0.4, 0.5) is 0 Å². The van der Waals surface area contributed by atoms with Gasteiger partial charge in [0.05, 0.1) is 0 Å². The van der Waals surface area contributed by atoms with Gasteiger partial charge < -0.3 is 0 Å². The summed E-state index contributed by atoms with van der Waals surface area (Å²) >= 11 is -0.239. The molecular formula is C48H45N3Se. The summed E-state index contributed by atoms with van der Waals surface area (Å²) in [4.78, 5) is 0. The zero-order chi connectivity index (χ0) is 52.7. The van der Waals surface area contributed by atoms with Crippen molar-refractivity contribution in [2.45, 2.75) is 95.8 Å². The van der Waals surface area contributed by atoms with E-state index in [1.165, 1.54) is 12.1 Å². The molecule has 0 radical (unpaired) electrons. The number of nitrogens with zero attached hydrogens (tertiary/aromatic N) is 3. The molecule has 3 nitrogen and oxygen atoms in total. The van der Waals surface area contributed by atoms with Crippen LogP contribution in [0.1, 0.15) is 136 Å². The first-order valence-corrected chi connectivity index (χ1v) is 18.8. The molecular weight excluding hydrogens is 698 g/mol. The van der Waals surface area contributed by atoms with Crippen LogP contribution in [-0.4, -0.2) is 29.9 Å². The zero-order valence-corrected chi connectivity index (χ0v) is 30.0. The van der Waals surface area contributed by atoms with E-state index in [1.807, 2.05) is 56.3 Å². The van der Waals surface area contributed by atoms with Crippen molar-refractivity contribution in [3.63, 3.8) is 0 Å². The molecule has 4 heteroatoms. The number of hydrogen-bond acceptors (Lipinski definition) is 3. The Morgan fingerprint density at radius 2 is 1.38 bits per heavy atom. The molecule has 7 aromatic rings. The number of rotatable bonds is 5. The Bertz CT molecular complexity index is 3440. The molecule has 52 heavy (non-hydrogen) atoms. The molecule has 2 heterocycles. The fraction of sp³-hybridized carbons (Fsp3) is 0.312. The van der Waals surface area contributed by atoms with E-state index in [-0.39, 0.29) is 25.6 Å². The summed E-state index contributed by atoms with van der Waals surface area (Å²) in [6, 6.07) is 28.4. The summed E-state index contributed by atoms with van der Waals surface area (Å²) in [6.45, 7) is 4.03. The zero-order valence-electron chi connectivity index (χ0n) is 48.3. The van der Waals surface area contributed by atoms with Crippen molar-refractivity contribution in [2.24, 2.45) is 0 Å². The molecule has 0 saturated heterocycles. The van der Waals surface area contributed by atoms with Gasteiger partial charge in [-0.25, -0.2) is 0 Å². The van der Waals surface area contributed by atoms with Crippen molar-refractivity contribution >= 4 is 33.8 Å². The van der Waals surface area contributed by atoms with Crippen LogP contribution in [-0.2, 0) is 6.42 Å². The second kappa shape index (κ2) is 13.2. The van der Waals surface area contributed by atoms with Gasteiger partial charge in [-0.05, 0) is 0 Å². The summed E-state index contributed by atoms with van der Waals surface area (Å²) in [5, 5.41) is 13.7. The maximum atomic E-state index is 10.3. The van der Waals surface area contributed by atoms with E-state index >= 15 is 0 Å². The number of hydrogen-bond donors (Lipinski definition) is 0. The van der Waals surface area contributed by atoms with Crippen LogP contribution in [0.3, 0.4) is 0 Å². The third kappa shape index (κ3) is 5.25. The molecule has 3 aliphatic carbocycles. The molecule has 0 bridgehead atoms. The van der Waals surface area contributed by atoms with Crippen molar-refractivity contribution in [3.8, 4) is 44.6 Å². The van der Waals surface area contributed by atoms with Gasteiger partial charge in [0.2, 0.25) is 0 Å². The molecule has 2 fully saturated rings. The van der Waals surface area contributed by atoms with Gasteiger partial charge in [-0.15, -0.1) is 0 Å². The molecule has 10 rings (SSSR count). The first-order valence-electron chi connectivity index (χ1n) is 27.2. The third-order valence-corrected chi connectivity index (χ3v) is 12.7. The molecule has 0 aliphatic heterocycles. The van der Waals surface area contributed by atoms with Gasteiger partial charge in [0.25, 0.3) is 0 Å². The molecule has 4 unspecified atom stereocenters. The van der Waals surface area contributed by atoms with Gasteiger partial charge in [0.15, 0.2) is 0 Å². The maximum absolute atomic E-state index is 10.3. The second-order valence-corrected chi connectivity index (χ2v) is 15.3. The Morgan fingerprint density at radius 1 is 0.654 bits per heavy atom. The molecule has 0 N–H and O–H groups in total. The van der Waals surface area contributed by atoms with Gasteiger partial charge in [0, 0.05) is 2.74 Å². The Labute approximate surface area is 341 Å². The topological polar surface area (TPSA) is 38.7 Å². The monoisotopic (exact) mass is 763 g/mol. The van der Waals surface area contributed by atoms with E-state index in [1.54, 1.807) is 12.1 Å². The summed E-state index contributed by atoms with van der Waals surface area (Å²) in [7, 11) is 0. The van der Waals surface area contributed by atoms with Crippen LogP contribution in [0.25, 0.3) is 63.9 Å². The van der Waals surface area contributed by atoms with Crippen LogP contribution in [0.2, 0.25) is 0 Å². The van der Waals surface area contributed by atoms with E-state index in [0.717, 1.165) is 58.2 Å². The van der Waals surface area contributed by atoms with Gasteiger partial charge in [-0.3, -0.25) is 0 Å². The summed E-state index contributed by atoms with van der Waals surface area (Å²) < 4.78 is 184. The predicted octanol–water partition coefficient (Wildman–Crippen LogP) is 12.5. The predicted molar refractivity (Wildman–Crippen MR) is 217 cm³/mol. The van der Waals surface area contributed by atoms with Crippen molar-refractivity contribution in [1.82, 2.24) is 15.4 Å². The van der Waals surface area contributed by atoms with E-state index in [0.29, 0.717) is 17.5 Å². The molecule has 0 amide bonds.